The topological polar surface area (TPSA) is 69.2 Å². The van der Waals surface area contributed by atoms with E-state index < -0.39 is 6.23 Å². The zero-order valence-electron chi connectivity index (χ0n) is 14.4. The van der Waals surface area contributed by atoms with Crippen LogP contribution in [0.5, 0.6) is 11.6 Å². The monoisotopic (exact) mass is 508 g/mol. The van der Waals surface area contributed by atoms with Gasteiger partial charge >= 0.3 is 0 Å². The summed E-state index contributed by atoms with van der Waals surface area (Å²) in [6.07, 6.45) is 1.39. The van der Waals surface area contributed by atoms with Crippen molar-refractivity contribution in [3.63, 3.8) is 0 Å². The van der Waals surface area contributed by atoms with Crippen molar-refractivity contribution in [2.24, 2.45) is 0 Å². The molecule has 0 saturated heterocycles. The van der Waals surface area contributed by atoms with E-state index in [-0.39, 0.29) is 0 Å². The fourth-order valence-electron chi connectivity index (χ4n) is 2.81. The number of hydrogen-bond acceptors (Lipinski definition) is 7. The molecule has 0 aliphatic carbocycles. The molecular formula is C18H14Br2N4O2S. The van der Waals surface area contributed by atoms with Crippen LogP contribution >= 0.6 is 43.6 Å². The van der Waals surface area contributed by atoms with Gasteiger partial charge in [-0.25, -0.2) is 0 Å². The quantitative estimate of drug-likeness (QED) is 0.480. The largest absolute Gasteiger partial charge is 0.496 e. The second-order valence-corrected chi connectivity index (χ2v) is 8.28. The summed E-state index contributed by atoms with van der Waals surface area (Å²) in [6, 6.07) is 11.7. The molecule has 0 bridgehead atoms. The maximum atomic E-state index is 6.25. The molecule has 1 unspecified atom stereocenters. The van der Waals surface area contributed by atoms with Crippen LogP contribution in [0.1, 0.15) is 11.8 Å². The zero-order valence-corrected chi connectivity index (χ0v) is 18.4. The van der Waals surface area contributed by atoms with Crippen LogP contribution in [0.25, 0.3) is 11.3 Å². The van der Waals surface area contributed by atoms with Crippen molar-refractivity contribution in [1.82, 2.24) is 15.2 Å². The van der Waals surface area contributed by atoms with Crippen LogP contribution in [0.2, 0.25) is 0 Å². The summed E-state index contributed by atoms with van der Waals surface area (Å²) in [4.78, 5) is 4.53. The molecule has 2 heterocycles. The van der Waals surface area contributed by atoms with Gasteiger partial charge in [0.25, 0.3) is 0 Å². The Kier molecular flexibility index (Phi) is 5.25. The Hall–Kier alpha value is -1.84. The van der Waals surface area contributed by atoms with E-state index in [2.05, 4.69) is 52.4 Å². The number of fused-ring (bicyclic) bond motifs is 3. The minimum Gasteiger partial charge on any atom is -0.496 e. The summed E-state index contributed by atoms with van der Waals surface area (Å²) in [7, 11) is 1.64. The van der Waals surface area contributed by atoms with Gasteiger partial charge in [-0.15, -0.1) is 10.2 Å². The molecular weight excluding hydrogens is 496 g/mol. The number of anilines is 1. The number of halogens is 2. The maximum Gasteiger partial charge on any atom is 0.247 e. The molecule has 0 saturated carbocycles. The molecule has 0 amide bonds. The minimum absolute atomic E-state index is 0.422. The normalized spacial score (nSPS) is 15.0. The summed E-state index contributed by atoms with van der Waals surface area (Å²) < 4.78 is 13.6. The van der Waals surface area contributed by atoms with Gasteiger partial charge in [0.05, 0.1) is 12.7 Å². The Morgan fingerprint density at radius 2 is 1.89 bits per heavy atom. The van der Waals surface area contributed by atoms with Crippen LogP contribution in [0.3, 0.4) is 0 Å². The number of nitrogens with one attached hydrogen (secondary N) is 1. The Labute approximate surface area is 177 Å². The maximum absolute atomic E-state index is 6.25. The van der Waals surface area contributed by atoms with Crippen molar-refractivity contribution in [2.75, 3.05) is 18.7 Å². The molecule has 0 fully saturated rings. The lowest BCUT2D eigenvalue weighted by Crippen LogP contribution is -2.18. The first-order chi connectivity index (χ1) is 13.1. The Morgan fingerprint density at radius 3 is 2.67 bits per heavy atom. The van der Waals surface area contributed by atoms with Gasteiger partial charge in [0.15, 0.2) is 5.69 Å². The van der Waals surface area contributed by atoms with E-state index in [1.807, 2.05) is 42.7 Å². The molecule has 3 aromatic rings. The standard InChI is InChI=1S/C18H14Br2N4O2S/c1-25-14-6-4-10(20)8-12(14)16-21-13-5-3-9(19)7-11(13)15-17(26-16)22-18(27-2)24-23-15/h3-8,16,21H,1-2H3. The second-order valence-electron chi connectivity index (χ2n) is 5.67. The van der Waals surface area contributed by atoms with Crippen LogP contribution in [0.4, 0.5) is 5.69 Å². The predicted molar refractivity (Wildman–Crippen MR) is 112 cm³/mol. The van der Waals surface area contributed by atoms with Gasteiger partial charge in [0.2, 0.25) is 17.3 Å². The van der Waals surface area contributed by atoms with E-state index in [0.717, 1.165) is 25.8 Å². The van der Waals surface area contributed by atoms with Gasteiger partial charge < -0.3 is 14.8 Å². The van der Waals surface area contributed by atoms with E-state index in [4.69, 9.17) is 9.47 Å². The number of aromatic nitrogens is 3. The fourth-order valence-corrected chi connectivity index (χ4v) is 3.84. The second kappa shape index (κ2) is 7.65. The molecule has 6 nitrogen and oxygen atoms in total. The van der Waals surface area contributed by atoms with E-state index in [0.29, 0.717) is 22.5 Å². The number of ether oxygens (including phenoxy) is 2. The van der Waals surface area contributed by atoms with Gasteiger partial charge in [-0.2, -0.15) is 4.98 Å². The highest BCUT2D eigenvalue weighted by Crippen LogP contribution is 2.42. The van der Waals surface area contributed by atoms with Gasteiger partial charge in [0, 0.05) is 20.2 Å². The van der Waals surface area contributed by atoms with Crippen LogP contribution in [0, 0.1) is 0 Å². The number of rotatable bonds is 3. The third-order valence-electron chi connectivity index (χ3n) is 4.04. The molecule has 27 heavy (non-hydrogen) atoms. The van der Waals surface area contributed by atoms with Crippen LogP contribution < -0.4 is 14.8 Å². The highest BCUT2D eigenvalue weighted by atomic mass is 79.9. The van der Waals surface area contributed by atoms with Gasteiger partial charge in [-0.3, -0.25) is 0 Å². The van der Waals surface area contributed by atoms with Crippen LogP contribution in [0.15, 0.2) is 50.5 Å². The third-order valence-corrected chi connectivity index (χ3v) is 5.57. The highest BCUT2D eigenvalue weighted by molar-refractivity contribution is 9.10. The van der Waals surface area contributed by atoms with Crippen LogP contribution in [-0.2, 0) is 0 Å². The Bertz CT molecular complexity index is 1020. The Balaban J connectivity index is 1.90. The van der Waals surface area contributed by atoms with Crippen molar-refractivity contribution in [3.8, 4) is 22.9 Å². The van der Waals surface area contributed by atoms with Crippen molar-refractivity contribution in [3.05, 3.63) is 50.9 Å². The van der Waals surface area contributed by atoms with Crippen LogP contribution in [-0.4, -0.2) is 28.5 Å². The molecule has 1 atom stereocenters. The molecule has 0 radical (unpaired) electrons. The number of benzene rings is 2. The minimum atomic E-state index is -0.509. The highest BCUT2D eigenvalue weighted by Gasteiger charge is 2.28. The molecule has 1 aromatic heterocycles. The van der Waals surface area contributed by atoms with Crippen molar-refractivity contribution < 1.29 is 9.47 Å². The number of hydrogen-bond donors (Lipinski definition) is 1. The van der Waals surface area contributed by atoms with Gasteiger partial charge in [0.1, 0.15) is 5.75 Å². The molecule has 1 aliphatic rings. The molecule has 0 spiro atoms. The predicted octanol–water partition coefficient (Wildman–Crippen LogP) is 5.30. The molecule has 9 heteroatoms. The lowest BCUT2D eigenvalue weighted by Gasteiger charge is -2.21. The molecule has 2 aromatic carbocycles. The average molecular weight is 510 g/mol. The average Bonchev–Trinajstić information content (AvgIpc) is 2.84. The SMILES string of the molecule is COc1ccc(Br)cc1C1Nc2ccc(Br)cc2-c2nnc(SC)nc2O1. The molecule has 1 aliphatic heterocycles. The third kappa shape index (κ3) is 3.63. The van der Waals surface area contributed by atoms with Crippen molar-refractivity contribution in [2.45, 2.75) is 11.4 Å². The van der Waals surface area contributed by atoms with E-state index in [1.165, 1.54) is 11.8 Å². The lowest BCUT2D eigenvalue weighted by atomic mass is 10.1. The first-order valence-corrected chi connectivity index (χ1v) is 10.8. The lowest BCUT2D eigenvalue weighted by molar-refractivity contribution is 0.219. The van der Waals surface area contributed by atoms with E-state index in [1.54, 1.807) is 7.11 Å². The number of methoxy groups -OCH3 is 1. The molecule has 138 valence electrons. The first-order valence-electron chi connectivity index (χ1n) is 7.94. The molecule has 1 N–H and O–H groups in total. The molecule has 4 rings (SSSR count). The fraction of sp³-hybridized carbons (Fsp3) is 0.167. The summed E-state index contributed by atoms with van der Waals surface area (Å²) >= 11 is 8.46. The zero-order chi connectivity index (χ0) is 19.0. The van der Waals surface area contributed by atoms with E-state index >= 15 is 0 Å². The summed E-state index contributed by atoms with van der Waals surface area (Å²) in [5.41, 5.74) is 3.17. The van der Waals surface area contributed by atoms with Gasteiger partial charge in [-0.1, -0.05) is 43.6 Å². The summed E-state index contributed by atoms with van der Waals surface area (Å²) in [5, 5.41) is 12.5. The van der Waals surface area contributed by atoms with Crippen molar-refractivity contribution in [1.29, 1.82) is 0 Å². The first kappa shape index (κ1) is 18.5. The number of thioether (sulfide) groups is 1. The van der Waals surface area contributed by atoms with Crippen molar-refractivity contribution >= 4 is 49.3 Å². The number of nitrogens with zero attached hydrogens (tertiary/aromatic N) is 3. The smallest absolute Gasteiger partial charge is 0.247 e. The summed E-state index contributed by atoms with van der Waals surface area (Å²) in [6.45, 7) is 0. The van der Waals surface area contributed by atoms with Gasteiger partial charge in [-0.05, 0) is 42.7 Å². The summed E-state index contributed by atoms with van der Waals surface area (Å²) in [5.74, 6) is 1.13. The Morgan fingerprint density at radius 1 is 1.11 bits per heavy atom. The van der Waals surface area contributed by atoms with E-state index in [9.17, 15) is 0 Å².